The fraction of sp³-hybridized carbons (Fsp3) is 0.353. The van der Waals surface area contributed by atoms with Gasteiger partial charge in [0.15, 0.2) is 0 Å². The lowest BCUT2D eigenvalue weighted by Crippen LogP contribution is -2.39. The Kier molecular flexibility index (Phi) is 3.37. The predicted octanol–water partition coefficient (Wildman–Crippen LogP) is 2.32. The second kappa shape index (κ2) is 5.53. The van der Waals surface area contributed by atoms with E-state index >= 15 is 0 Å². The van der Waals surface area contributed by atoms with E-state index < -0.39 is 0 Å². The van der Waals surface area contributed by atoms with Crippen molar-refractivity contribution in [3.8, 4) is 0 Å². The van der Waals surface area contributed by atoms with E-state index in [0.717, 1.165) is 36.1 Å². The number of nitrogens with zero attached hydrogens (tertiary/aromatic N) is 4. The summed E-state index contributed by atoms with van der Waals surface area (Å²) in [7, 11) is 1.95. The predicted molar refractivity (Wildman–Crippen MR) is 87.2 cm³/mol. The van der Waals surface area contributed by atoms with E-state index in [-0.39, 0.29) is 11.8 Å². The quantitative estimate of drug-likeness (QED) is 0.790. The van der Waals surface area contributed by atoms with Crippen LogP contribution in [0.15, 0.2) is 36.7 Å². The lowest BCUT2D eigenvalue weighted by atomic mass is 9.97. The number of likely N-dealkylation sites (tertiary alicyclic amines) is 1. The van der Waals surface area contributed by atoms with Gasteiger partial charge in [-0.2, -0.15) is 0 Å². The first-order chi connectivity index (χ1) is 11.2. The normalized spacial score (nSPS) is 18.5. The molecule has 0 saturated carbocycles. The van der Waals surface area contributed by atoms with E-state index in [0.29, 0.717) is 12.2 Å². The maximum Gasteiger partial charge on any atom is 0.270 e. The molecule has 1 atom stereocenters. The molecule has 1 N–H and O–H groups in total. The van der Waals surface area contributed by atoms with Crippen molar-refractivity contribution in [3.63, 3.8) is 0 Å². The summed E-state index contributed by atoms with van der Waals surface area (Å²) in [6.45, 7) is 1.49. The summed E-state index contributed by atoms with van der Waals surface area (Å²) in [5, 5.41) is 9.23. The molecule has 1 aliphatic heterocycles. The molecule has 3 aromatic rings. The molecule has 1 aliphatic rings. The molecule has 1 fully saturated rings. The standard InChI is InChI=1S/C17H19N5O/c1-21-11-18-20-16(21)13-6-4-8-22(10-13)17(23)15-9-12-5-2-3-7-14(12)19-15/h2-3,5,7,9,11,13,19H,4,6,8,10H2,1H3/t13-/m1/s1. The molecule has 3 heterocycles. The van der Waals surface area contributed by atoms with Gasteiger partial charge in [0.2, 0.25) is 0 Å². The summed E-state index contributed by atoms with van der Waals surface area (Å²) >= 11 is 0. The molecule has 1 saturated heterocycles. The van der Waals surface area contributed by atoms with Gasteiger partial charge in [0.1, 0.15) is 17.8 Å². The van der Waals surface area contributed by atoms with Gasteiger partial charge in [0.25, 0.3) is 5.91 Å². The Balaban J connectivity index is 1.57. The molecule has 0 spiro atoms. The number of para-hydroxylation sites is 1. The average molecular weight is 309 g/mol. The largest absolute Gasteiger partial charge is 0.351 e. The Morgan fingerprint density at radius 2 is 2.22 bits per heavy atom. The summed E-state index contributed by atoms with van der Waals surface area (Å²) < 4.78 is 1.95. The number of aryl methyl sites for hydroxylation is 1. The number of hydrogen-bond acceptors (Lipinski definition) is 3. The minimum absolute atomic E-state index is 0.0630. The van der Waals surface area contributed by atoms with Gasteiger partial charge >= 0.3 is 0 Å². The zero-order chi connectivity index (χ0) is 15.8. The Labute approximate surface area is 134 Å². The number of aromatic amines is 1. The van der Waals surface area contributed by atoms with Crippen LogP contribution in [0.5, 0.6) is 0 Å². The molecule has 0 radical (unpaired) electrons. The van der Waals surface area contributed by atoms with Gasteiger partial charge in [-0.05, 0) is 25.0 Å². The SMILES string of the molecule is Cn1cnnc1[C@@H]1CCCN(C(=O)c2cc3ccccc3[nH]2)C1. The molecule has 4 rings (SSSR count). The van der Waals surface area contributed by atoms with E-state index in [2.05, 4.69) is 15.2 Å². The molecule has 0 aliphatic carbocycles. The van der Waals surface area contributed by atoms with E-state index in [1.165, 1.54) is 0 Å². The van der Waals surface area contributed by atoms with Crippen LogP contribution in [0.4, 0.5) is 0 Å². The monoisotopic (exact) mass is 309 g/mol. The summed E-state index contributed by atoms with van der Waals surface area (Å²) in [6, 6.07) is 9.89. The number of amides is 1. The first-order valence-corrected chi connectivity index (χ1v) is 7.93. The first-order valence-electron chi connectivity index (χ1n) is 7.93. The fourth-order valence-electron chi connectivity index (χ4n) is 3.39. The molecule has 1 amide bonds. The molecule has 6 nitrogen and oxygen atoms in total. The Hall–Kier alpha value is -2.63. The van der Waals surface area contributed by atoms with Gasteiger partial charge in [-0.1, -0.05) is 18.2 Å². The molecule has 1 aromatic carbocycles. The number of piperidine rings is 1. The minimum atomic E-state index is 0.0630. The molecule has 6 heteroatoms. The van der Waals surface area contributed by atoms with E-state index in [1.807, 2.05) is 46.8 Å². The summed E-state index contributed by atoms with van der Waals surface area (Å²) in [5.41, 5.74) is 1.66. The molecule has 118 valence electrons. The van der Waals surface area contributed by atoms with Crippen molar-refractivity contribution in [1.29, 1.82) is 0 Å². The number of nitrogens with one attached hydrogen (secondary N) is 1. The van der Waals surface area contributed by atoms with Gasteiger partial charge < -0.3 is 14.5 Å². The Morgan fingerprint density at radius 1 is 1.35 bits per heavy atom. The minimum Gasteiger partial charge on any atom is -0.351 e. The van der Waals surface area contributed by atoms with Crippen LogP contribution in [0, 0.1) is 0 Å². The smallest absolute Gasteiger partial charge is 0.270 e. The third-order valence-corrected chi connectivity index (χ3v) is 4.58. The second-order valence-corrected chi connectivity index (χ2v) is 6.16. The van der Waals surface area contributed by atoms with Crippen molar-refractivity contribution in [3.05, 3.63) is 48.2 Å². The maximum absolute atomic E-state index is 12.8. The molecule has 2 aromatic heterocycles. The summed E-state index contributed by atoms with van der Waals surface area (Å²) in [6.07, 6.45) is 3.75. The molecule has 23 heavy (non-hydrogen) atoms. The van der Waals surface area contributed by atoms with Crippen LogP contribution in [0.1, 0.15) is 35.1 Å². The van der Waals surface area contributed by atoms with Crippen molar-refractivity contribution in [2.24, 2.45) is 7.05 Å². The van der Waals surface area contributed by atoms with Crippen molar-refractivity contribution in [2.75, 3.05) is 13.1 Å². The highest BCUT2D eigenvalue weighted by Gasteiger charge is 2.28. The van der Waals surface area contributed by atoms with Gasteiger partial charge in [0, 0.05) is 37.0 Å². The lowest BCUT2D eigenvalue weighted by molar-refractivity contribution is 0.0698. The number of aromatic nitrogens is 4. The van der Waals surface area contributed by atoms with Gasteiger partial charge in [-0.3, -0.25) is 4.79 Å². The van der Waals surface area contributed by atoms with Crippen molar-refractivity contribution < 1.29 is 4.79 Å². The van der Waals surface area contributed by atoms with Crippen LogP contribution in [-0.2, 0) is 7.05 Å². The zero-order valence-corrected chi connectivity index (χ0v) is 13.1. The average Bonchev–Trinajstić information content (AvgIpc) is 3.20. The number of rotatable bonds is 2. The maximum atomic E-state index is 12.8. The van der Waals surface area contributed by atoms with Crippen LogP contribution in [0.3, 0.4) is 0 Å². The number of H-pyrrole nitrogens is 1. The molecule has 0 bridgehead atoms. The van der Waals surface area contributed by atoms with Crippen LogP contribution < -0.4 is 0 Å². The highest BCUT2D eigenvalue weighted by atomic mass is 16.2. The number of benzene rings is 1. The number of carbonyl (C=O) groups is 1. The molecular formula is C17H19N5O. The van der Waals surface area contributed by atoms with Crippen LogP contribution in [-0.4, -0.2) is 43.6 Å². The van der Waals surface area contributed by atoms with Gasteiger partial charge in [0.05, 0.1) is 0 Å². The van der Waals surface area contributed by atoms with Crippen molar-refractivity contribution >= 4 is 16.8 Å². The lowest BCUT2D eigenvalue weighted by Gasteiger charge is -2.31. The third-order valence-electron chi connectivity index (χ3n) is 4.58. The molecule has 0 unspecified atom stereocenters. The summed E-state index contributed by atoms with van der Waals surface area (Å²) in [4.78, 5) is 18.0. The third kappa shape index (κ3) is 2.50. The van der Waals surface area contributed by atoms with E-state index in [4.69, 9.17) is 0 Å². The highest BCUT2D eigenvalue weighted by Crippen LogP contribution is 2.26. The van der Waals surface area contributed by atoms with Gasteiger partial charge in [-0.15, -0.1) is 10.2 Å². The molecular weight excluding hydrogens is 290 g/mol. The fourth-order valence-corrected chi connectivity index (χ4v) is 3.39. The Morgan fingerprint density at radius 3 is 3.00 bits per heavy atom. The van der Waals surface area contributed by atoms with Crippen molar-refractivity contribution in [2.45, 2.75) is 18.8 Å². The van der Waals surface area contributed by atoms with Crippen LogP contribution in [0.2, 0.25) is 0 Å². The first kappa shape index (κ1) is 14.0. The Bertz CT molecular complexity index is 816. The van der Waals surface area contributed by atoms with E-state index in [1.54, 1.807) is 6.33 Å². The zero-order valence-electron chi connectivity index (χ0n) is 13.1. The van der Waals surface area contributed by atoms with Gasteiger partial charge in [-0.25, -0.2) is 0 Å². The number of fused-ring (bicyclic) bond motifs is 1. The number of carbonyl (C=O) groups excluding carboxylic acids is 1. The van der Waals surface area contributed by atoms with Crippen LogP contribution in [0.25, 0.3) is 10.9 Å². The van der Waals surface area contributed by atoms with Crippen molar-refractivity contribution in [1.82, 2.24) is 24.6 Å². The van der Waals surface area contributed by atoms with E-state index in [9.17, 15) is 4.79 Å². The van der Waals surface area contributed by atoms with Crippen LogP contribution >= 0.6 is 0 Å². The number of hydrogen-bond donors (Lipinski definition) is 1. The second-order valence-electron chi connectivity index (χ2n) is 6.16. The highest BCUT2D eigenvalue weighted by molar-refractivity contribution is 5.98. The topological polar surface area (TPSA) is 66.8 Å². The summed E-state index contributed by atoms with van der Waals surface area (Å²) in [5.74, 6) is 1.27.